The van der Waals surface area contributed by atoms with Crippen LogP contribution in [0, 0.1) is 12.7 Å². The molecule has 1 N–H and O–H groups in total. The second-order valence-electron chi connectivity index (χ2n) is 6.59. The number of fused-ring (bicyclic) bond motifs is 1. The van der Waals surface area contributed by atoms with Gasteiger partial charge in [-0.15, -0.1) is 0 Å². The third-order valence-corrected chi connectivity index (χ3v) is 4.37. The summed E-state index contributed by atoms with van der Waals surface area (Å²) < 4.78 is 31.7. The van der Waals surface area contributed by atoms with E-state index in [1.807, 2.05) is 6.07 Å². The van der Waals surface area contributed by atoms with Gasteiger partial charge in [-0.25, -0.2) is 13.8 Å². The molecule has 0 radical (unpaired) electrons. The normalized spacial score (nSPS) is 13.1. The molecule has 0 atom stereocenters. The molecule has 9 heteroatoms. The summed E-state index contributed by atoms with van der Waals surface area (Å²) in [6.07, 6.45) is 5.59. The van der Waals surface area contributed by atoms with Crippen molar-refractivity contribution in [3.8, 4) is 11.4 Å². The third kappa shape index (κ3) is 4.13. The fourth-order valence-electron chi connectivity index (χ4n) is 2.59. The van der Waals surface area contributed by atoms with E-state index in [-0.39, 0.29) is 5.82 Å². The molecule has 1 fully saturated rings. The van der Waals surface area contributed by atoms with Crippen molar-refractivity contribution < 1.29 is 18.1 Å². The number of hydrogen-bond acceptors (Lipinski definition) is 5. The molecule has 1 aromatic carbocycles. The first-order valence-electron chi connectivity index (χ1n) is 8.97. The van der Waals surface area contributed by atoms with E-state index in [4.69, 9.17) is 0 Å². The van der Waals surface area contributed by atoms with Crippen molar-refractivity contribution in [2.45, 2.75) is 25.9 Å². The number of hydrogen-bond donors (Lipinski definition) is 1. The molecule has 0 saturated heterocycles. The first kappa shape index (κ1) is 18.7. The lowest BCUT2D eigenvalue weighted by atomic mass is 10.1. The minimum Gasteiger partial charge on any atom is -0.342 e. The van der Waals surface area contributed by atoms with Gasteiger partial charge in [0.25, 0.3) is 5.91 Å². The highest BCUT2D eigenvalue weighted by atomic mass is 19.1. The molecule has 1 saturated carbocycles. The van der Waals surface area contributed by atoms with E-state index in [1.54, 1.807) is 35.7 Å². The average Bonchev–Trinajstić information content (AvgIpc) is 3.18. The summed E-state index contributed by atoms with van der Waals surface area (Å²) in [6.45, 7) is 1.58. The highest BCUT2D eigenvalue weighted by Gasteiger charge is 2.18. The first-order valence-corrected chi connectivity index (χ1v) is 8.97. The topological polar surface area (TPSA) is 85.3 Å². The molecular formula is C20H17F2N5O2. The minimum atomic E-state index is -0.476. The molecule has 148 valence electrons. The van der Waals surface area contributed by atoms with E-state index in [1.165, 1.54) is 12.3 Å². The Morgan fingerprint density at radius 3 is 2.76 bits per heavy atom. The summed E-state index contributed by atoms with van der Waals surface area (Å²) in [7, 11) is 0. The molecule has 0 bridgehead atoms. The molecular weight excluding hydrogens is 380 g/mol. The standard InChI is InChI=1S/C17H12FN5O2.C3H5F/c1-10-12(18)6-11(16-20-9-25-22-16)7-13(10)21-17(24)14-8-19-15-4-2-3-5-23(14)15;4-3-1-2-3/h2-9H,1H3,(H,21,24);3H,1-2H2. The van der Waals surface area contributed by atoms with Gasteiger partial charge in [-0.05, 0) is 44.0 Å². The van der Waals surface area contributed by atoms with Crippen LogP contribution in [0.5, 0.6) is 0 Å². The Kier molecular flexibility index (Phi) is 5.03. The number of nitrogens with one attached hydrogen (secondary N) is 1. The van der Waals surface area contributed by atoms with Gasteiger partial charge < -0.3 is 9.84 Å². The summed E-state index contributed by atoms with van der Waals surface area (Å²) in [5.74, 6) is -0.633. The minimum absolute atomic E-state index is 0.240. The molecule has 0 aliphatic heterocycles. The molecule has 1 amide bonds. The van der Waals surface area contributed by atoms with Crippen LogP contribution in [0.2, 0.25) is 0 Å². The fraction of sp³-hybridized carbons (Fsp3) is 0.200. The van der Waals surface area contributed by atoms with Crippen LogP contribution in [-0.4, -0.2) is 31.6 Å². The SMILES string of the molecule is Cc1c(F)cc(-c2ncon2)cc1NC(=O)c1cnc2ccccn12.FC1CC1. The Hall–Kier alpha value is -3.62. The van der Waals surface area contributed by atoms with Gasteiger partial charge in [-0.2, -0.15) is 4.98 Å². The Bertz CT molecular complexity index is 1150. The van der Waals surface area contributed by atoms with E-state index in [0.717, 1.165) is 19.2 Å². The van der Waals surface area contributed by atoms with Gasteiger partial charge in [0.05, 0.1) is 6.20 Å². The van der Waals surface area contributed by atoms with Crippen molar-refractivity contribution in [1.29, 1.82) is 0 Å². The molecule has 1 aliphatic rings. The zero-order chi connectivity index (χ0) is 20.4. The molecule has 4 aromatic rings. The van der Waals surface area contributed by atoms with Crippen molar-refractivity contribution in [3.63, 3.8) is 0 Å². The molecule has 0 unspecified atom stereocenters. The fourth-order valence-corrected chi connectivity index (χ4v) is 2.59. The number of carbonyl (C=O) groups is 1. The maximum atomic E-state index is 14.2. The summed E-state index contributed by atoms with van der Waals surface area (Å²) in [5.41, 5.74) is 2.05. The lowest BCUT2D eigenvalue weighted by Gasteiger charge is -2.10. The zero-order valence-corrected chi connectivity index (χ0v) is 15.5. The number of pyridine rings is 1. The lowest BCUT2D eigenvalue weighted by Crippen LogP contribution is -2.15. The van der Waals surface area contributed by atoms with Crippen molar-refractivity contribution in [2.24, 2.45) is 0 Å². The predicted octanol–water partition coefficient (Wildman–Crippen LogP) is 4.20. The monoisotopic (exact) mass is 397 g/mol. The van der Waals surface area contributed by atoms with Crippen LogP contribution < -0.4 is 5.32 Å². The van der Waals surface area contributed by atoms with Crippen LogP contribution in [0.25, 0.3) is 17.0 Å². The van der Waals surface area contributed by atoms with Crippen LogP contribution in [0.3, 0.4) is 0 Å². The Morgan fingerprint density at radius 2 is 2.07 bits per heavy atom. The van der Waals surface area contributed by atoms with Crippen LogP contribution in [0.15, 0.2) is 53.6 Å². The van der Waals surface area contributed by atoms with Gasteiger partial charge >= 0.3 is 0 Å². The molecule has 29 heavy (non-hydrogen) atoms. The first-order chi connectivity index (χ1) is 14.0. The number of aromatic nitrogens is 4. The van der Waals surface area contributed by atoms with Crippen LogP contribution in [-0.2, 0) is 0 Å². The molecule has 3 heterocycles. The summed E-state index contributed by atoms with van der Waals surface area (Å²) in [5, 5.41) is 6.41. The molecule has 1 aliphatic carbocycles. The molecule has 0 spiro atoms. The highest BCUT2D eigenvalue weighted by Crippen LogP contribution is 2.26. The second kappa shape index (κ2) is 7.78. The van der Waals surface area contributed by atoms with Gasteiger partial charge in [0, 0.05) is 23.0 Å². The maximum Gasteiger partial charge on any atom is 0.274 e. The molecule has 7 nitrogen and oxygen atoms in total. The average molecular weight is 397 g/mol. The zero-order valence-electron chi connectivity index (χ0n) is 15.5. The summed E-state index contributed by atoms with van der Waals surface area (Å²) in [6, 6.07) is 8.32. The van der Waals surface area contributed by atoms with Crippen molar-refractivity contribution in [2.75, 3.05) is 5.32 Å². The van der Waals surface area contributed by atoms with Gasteiger partial charge in [0.15, 0.2) is 0 Å². The Balaban J connectivity index is 0.000000458. The number of alkyl halides is 1. The largest absolute Gasteiger partial charge is 0.342 e. The quantitative estimate of drug-likeness (QED) is 0.560. The van der Waals surface area contributed by atoms with E-state index in [9.17, 15) is 13.6 Å². The number of anilines is 1. The second-order valence-corrected chi connectivity index (χ2v) is 6.59. The third-order valence-electron chi connectivity index (χ3n) is 4.37. The predicted molar refractivity (Wildman–Crippen MR) is 102 cm³/mol. The number of nitrogens with zero attached hydrogens (tertiary/aromatic N) is 4. The number of carbonyl (C=O) groups excluding carboxylic acids is 1. The number of amides is 1. The summed E-state index contributed by atoms with van der Waals surface area (Å²) >= 11 is 0. The van der Waals surface area contributed by atoms with E-state index < -0.39 is 17.9 Å². The Labute approximate surface area is 164 Å². The van der Waals surface area contributed by atoms with Crippen molar-refractivity contribution in [3.05, 3.63) is 66.2 Å². The van der Waals surface area contributed by atoms with E-state index >= 15 is 0 Å². The van der Waals surface area contributed by atoms with Crippen molar-refractivity contribution >= 4 is 17.2 Å². The van der Waals surface area contributed by atoms with Gasteiger partial charge in [-0.3, -0.25) is 9.20 Å². The van der Waals surface area contributed by atoms with Gasteiger partial charge in [0.2, 0.25) is 12.2 Å². The van der Waals surface area contributed by atoms with Crippen LogP contribution in [0.1, 0.15) is 28.9 Å². The lowest BCUT2D eigenvalue weighted by molar-refractivity contribution is 0.102. The summed E-state index contributed by atoms with van der Waals surface area (Å²) in [4.78, 5) is 20.7. The smallest absolute Gasteiger partial charge is 0.274 e. The van der Waals surface area contributed by atoms with Gasteiger partial charge in [0.1, 0.15) is 23.3 Å². The number of halogens is 2. The van der Waals surface area contributed by atoms with Crippen LogP contribution >= 0.6 is 0 Å². The Morgan fingerprint density at radius 1 is 1.28 bits per heavy atom. The number of benzene rings is 1. The molecule has 5 rings (SSSR count). The molecule has 3 aromatic heterocycles. The maximum absolute atomic E-state index is 14.2. The number of rotatable bonds is 3. The van der Waals surface area contributed by atoms with Crippen molar-refractivity contribution in [1.82, 2.24) is 19.5 Å². The van der Waals surface area contributed by atoms with E-state index in [0.29, 0.717) is 28.2 Å². The van der Waals surface area contributed by atoms with Crippen LogP contribution in [0.4, 0.5) is 14.5 Å². The van der Waals surface area contributed by atoms with E-state index in [2.05, 4.69) is 25.0 Å². The number of imidazole rings is 1. The van der Waals surface area contributed by atoms with Gasteiger partial charge in [-0.1, -0.05) is 11.2 Å². The highest BCUT2D eigenvalue weighted by molar-refractivity contribution is 6.04.